The standard InChI is InChI=1S/C15H22ClNO4/c1-11-5-4-6-13(16)14(11)17-12(2)15(18)21-10-9-20-8-7-19-3/h4-6,12,17H,7-10H2,1-3H3/t12-/m0/s1. The molecule has 1 aromatic carbocycles. The molecule has 1 atom stereocenters. The number of aryl methyl sites for hydroxylation is 1. The van der Waals surface area contributed by atoms with Crippen LogP contribution in [0.15, 0.2) is 18.2 Å². The Morgan fingerprint density at radius 2 is 2.00 bits per heavy atom. The van der Waals surface area contributed by atoms with E-state index in [4.69, 9.17) is 25.8 Å². The van der Waals surface area contributed by atoms with Gasteiger partial charge in [-0.05, 0) is 25.5 Å². The van der Waals surface area contributed by atoms with Gasteiger partial charge < -0.3 is 19.5 Å². The van der Waals surface area contributed by atoms with E-state index in [0.717, 1.165) is 11.3 Å². The van der Waals surface area contributed by atoms with Crippen LogP contribution in [0.1, 0.15) is 12.5 Å². The SMILES string of the molecule is COCCOCCOC(=O)[C@H](C)Nc1c(C)cccc1Cl. The number of hydrogen-bond donors (Lipinski definition) is 1. The van der Waals surface area contributed by atoms with Gasteiger partial charge in [-0.25, -0.2) is 4.79 Å². The molecule has 0 heterocycles. The topological polar surface area (TPSA) is 56.8 Å². The predicted molar refractivity (Wildman–Crippen MR) is 82.9 cm³/mol. The lowest BCUT2D eigenvalue weighted by molar-refractivity contribution is -0.145. The van der Waals surface area contributed by atoms with Crippen molar-refractivity contribution in [1.29, 1.82) is 0 Å². The fraction of sp³-hybridized carbons (Fsp3) is 0.533. The Kier molecular flexibility index (Phi) is 8.12. The fourth-order valence-electron chi connectivity index (χ4n) is 1.66. The molecule has 1 rings (SSSR count). The van der Waals surface area contributed by atoms with Gasteiger partial charge in [0.2, 0.25) is 0 Å². The highest BCUT2D eigenvalue weighted by atomic mass is 35.5. The first-order valence-corrected chi connectivity index (χ1v) is 7.19. The van der Waals surface area contributed by atoms with Crippen molar-refractivity contribution in [2.75, 3.05) is 38.9 Å². The number of halogens is 1. The van der Waals surface area contributed by atoms with E-state index in [1.54, 1.807) is 20.1 Å². The van der Waals surface area contributed by atoms with E-state index in [-0.39, 0.29) is 12.6 Å². The number of anilines is 1. The van der Waals surface area contributed by atoms with Crippen LogP contribution in [0, 0.1) is 6.92 Å². The van der Waals surface area contributed by atoms with Gasteiger partial charge in [-0.15, -0.1) is 0 Å². The van der Waals surface area contributed by atoms with Crippen LogP contribution >= 0.6 is 11.6 Å². The zero-order valence-corrected chi connectivity index (χ0v) is 13.4. The first-order chi connectivity index (χ1) is 10.1. The summed E-state index contributed by atoms with van der Waals surface area (Å²) in [4.78, 5) is 11.9. The molecule has 0 saturated heterocycles. The Hall–Kier alpha value is -1.30. The summed E-state index contributed by atoms with van der Waals surface area (Å²) in [5, 5.41) is 3.65. The number of hydrogen-bond acceptors (Lipinski definition) is 5. The number of benzene rings is 1. The normalized spacial score (nSPS) is 12.0. The third-order valence-corrected chi connectivity index (χ3v) is 3.16. The number of nitrogens with one attached hydrogen (secondary N) is 1. The van der Waals surface area contributed by atoms with Crippen molar-refractivity contribution in [3.05, 3.63) is 28.8 Å². The molecular formula is C15H22ClNO4. The molecule has 5 nitrogen and oxygen atoms in total. The summed E-state index contributed by atoms with van der Waals surface area (Å²) in [6.45, 7) is 5.24. The van der Waals surface area contributed by atoms with E-state index in [2.05, 4.69) is 5.32 Å². The molecular weight excluding hydrogens is 294 g/mol. The predicted octanol–water partition coefficient (Wildman–Crippen LogP) is 2.66. The molecule has 0 amide bonds. The molecule has 0 aliphatic carbocycles. The first kappa shape index (κ1) is 17.8. The molecule has 0 aliphatic rings. The van der Waals surface area contributed by atoms with Crippen LogP contribution in [0.4, 0.5) is 5.69 Å². The number of carbonyl (C=O) groups excluding carboxylic acids is 1. The van der Waals surface area contributed by atoms with Crippen molar-refractivity contribution in [2.24, 2.45) is 0 Å². The first-order valence-electron chi connectivity index (χ1n) is 6.81. The van der Waals surface area contributed by atoms with Gasteiger partial charge in [-0.2, -0.15) is 0 Å². The van der Waals surface area contributed by atoms with E-state index in [9.17, 15) is 4.79 Å². The average molecular weight is 316 g/mol. The second kappa shape index (κ2) is 9.60. The smallest absolute Gasteiger partial charge is 0.328 e. The maximum absolute atomic E-state index is 11.9. The van der Waals surface area contributed by atoms with Crippen molar-refractivity contribution < 1.29 is 19.0 Å². The molecule has 1 N–H and O–H groups in total. The maximum atomic E-state index is 11.9. The summed E-state index contributed by atoms with van der Waals surface area (Å²) in [7, 11) is 1.60. The van der Waals surface area contributed by atoms with Crippen molar-refractivity contribution >= 4 is 23.3 Å². The summed E-state index contributed by atoms with van der Waals surface area (Å²) >= 11 is 6.11. The molecule has 0 spiro atoms. The Morgan fingerprint density at radius 3 is 2.67 bits per heavy atom. The van der Waals surface area contributed by atoms with Crippen LogP contribution in [-0.4, -0.2) is 45.5 Å². The number of methoxy groups -OCH3 is 1. The van der Waals surface area contributed by atoms with Crippen LogP contribution in [0.25, 0.3) is 0 Å². The van der Waals surface area contributed by atoms with Gasteiger partial charge in [-0.3, -0.25) is 0 Å². The van der Waals surface area contributed by atoms with Gasteiger partial charge >= 0.3 is 5.97 Å². The number of carbonyl (C=O) groups is 1. The molecule has 0 fully saturated rings. The van der Waals surface area contributed by atoms with Crippen LogP contribution in [0.2, 0.25) is 5.02 Å². The lowest BCUT2D eigenvalue weighted by Crippen LogP contribution is -2.29. The van der Waals surface area contributed by atoms with E-state index in [1.807, 2.05) is 19.1 Å². The van der Waals surface area contributed by atoms with Crippen molar-refractivity contribution in [3.63, 3.8) is 0 Å². The minimum Gasteiger partial charge on any atom is -0.462 e. The summed E-state index contributed by atoms with van der Waals surface area (Å²) in [6, 6.07) is 5.08. The van der Waals surface area contributed by atoms with Gasteiger partial charge in [0.05, 0.1) is 30.5 Å². The molecule has 21 heavy (non-hydrogen) atoms. The van der Waals surface area contributed by atoms with Crippen LogP contribution in [0.5, 0.6) is 0 Å². The van der Waals surface area contributed by atoms with Crippen molar-refractivity contribution in [1.82, 2.24) is 0 Å². The van der Waals surface area contributed by atoms with Gasteiger partial charge in [0.25, 0.3) is 0 Å². The molecule has 0 saturated carbocycles. The van der Waals surface area contributed by atoms with Gasteiger partial charge in [0.15, 0.2) is 0 Å². The van der Waals surface area contributed by atoms with Crippen molar-refractivity contribution in [3.8, 4) is 0 Å². The van der Waals surface area contributed by atoms with Crippen LogP contribution in [0.3, 0.4) is 0 Å². The largest absolute Gasteiger partial charge is 0.462 e. The Balaban J connectivity index is 2.34. The lowest BCUT2D eigenvalue weighted by Gasteiger charge is -2.17. The highest BCUT2D eigenvalue weighted by Crippen LogP contribution is 2.25. The Bertz CT molecular complexity index is 433. The summed E-state index contributed by atoms with van der Waals surface area (Å²) in [5.74, 6) is -0.343. The molecule has 6 heteroatoms. The monoisotopic (exact) mass is 315 g/mol. The molecule has 0 bridgehead atoms. The van der Waals surface area contributed by atoms with Gasteiger partial charge in [0.1, 0.15) is 12.6 Å². The van der Waals surface area contributed by atoms with Crippen LogP contribution < -0.4 is 5.32 Å². The highest BCUT2D eigenvalue weighted by Gasteiger charge is 2.16. The van der Waals surface area contributed by atoms with Crippen LogP contribution in [-0.2, 0) is 19.0 Å². The third kappa shape index (κ3) is 6.33. The summed E-state index contributed by atoms with van der Waals surface area (Å²) in [5.41, 5.74) is 1.73. The molecule has 0 aromatic heterocycles. The zero-order chi connectivity index (χ0) is 15.7. The fourth-order valence-corrected chi connectivity index (χ4v) is 1.94. The highest BCUT2D eigenvalue weighted by molar-refractivity contribution is 6.33. The van der Waals surface area contributed by atoms with E-state index in [1.165, 1.54) is 0 Å². The number of rotatable bonds is 9. The zero-order valence-electron chi connectivity index (χ0n) is 12.6. The second-order valence-electron chi connectivity index (χ2n) is 4.57. The lowest BCUT2D eigenvalue weighted by atomic mass is 10.2. The van der Waals surface area contributed by atoms with E-state index < -0.39 is 6.04 Å². The molecule has 118 valence electrons. The number of ether oxygens (including phenoxy) is 3. The minimum absolute atomic E-state index is 0.218. The van der Waals surface area contributed by atoms with E-state index >= 15 is 0 Å². The molecule has 0 radical (unpaired) electrons. The van der Waals surface area contributed by atoms with Crippen molar-refractivity contribution in [2.45, 2.75) is 19.9 Å². The second-order valence-corrected chi connectivity index (χ2v) is 4.98. The molecule has 0 unspecified atom stereocenters. The number of para-hydroxylation sites is 1. The minimum atomic E-state index is -0.484. The van der Waals surface area contributed by atoms with E-state index in [0.29, 0.717) is 24.8 Å². The maximum Gasteiger partial charge on any atom is 0.328 e. The summed E-state index contributed by atoms with van der Waals surface area (Å²) in [6.07, 6.45) is 0. The van der Waals surface area contributed by atoms with Gasteiger partial charge in [0, 0.05) is 7.11 Å². The third-order valence-electron chi connectivity index (χ3n) is 2.84. The molecule has 1 aromatic rings. The number of esters is 1. The Morgan fingerprint density at radius 1 is 1.29 bits per heavy atom. The molecule has 0 aliphatic heterocycles. The summed E-state index contributed by atoms with van der Waals surface area (Å²) < 4.78 is 15.2. The Labute approximate surface area is 130 Å². The average Bonchev–Trinajstić information content (AvgIpc) is 2.46. The quantitative estimate of drug-likeness (QED) is 0.561. The van der Waals surface area contributed by atoms with Gasteiger partial charge in [-0.1, -0.05) is 23.7 Å².